The molecule has 0 saturated carbocycles. The van der Waals surface area contributed by atoms with Crippen LogP contribution in [-0.4, -0.2) is 47.6 Å². The zero-order valence-corrected chi connectivity index (χ0v) is 17.1. The van der Waals surface area contributed by atoms with E-state index in [0.29, 0.717) is 0 Å². The molecule has 3 nitrogen and oxygen atoms in total. The van der Waals surface area contributed by atoms with E-state index in [-0.39, 0.29) is 0 Å². The molecule has 10 heteroatoms. The van der Waals surface area contributed by atoms with E-state index in [1.165, 1.54) is 0 Å². The van der Waals surface area contributed by atoms with Crippen LogP contribution in [0.1, 0.15) is 6.92 Å². The Bertz CT molecular complexity index is 251. The van der Waals surface area contributed by atoms with E-state index in [4.69, 9.17) is 12.3 Å². The molecule has 0 bridgehead atoms. The molecule has 0 aliphatic heterocycles. The second-order valence-corrected chi connectivity index (χ2v) is 16.2. The Morgan fingerprint density at radius 2 is 1.11 bits per heavy atom. The summed E-state index contributed by atoms with van der Waals surface area (Å²) in [5, 5.41) is 0. The van der Waals surface area contributed by atoms with Crippen LogP contribution in [0.5, 0.6) is 0 Å². The minimum absolute atomic E-state index is 0.837. The van der Waals surface area contributed by atoms with Gasteiger partial charge < -0.3 is 12.3 Å². The smallest absolute Gasteiger partial charge is 0.416 e. The van der Waals surface area contributed by atoms with Gasteiger partial charge in [0.25, 0.3) is 0 Å². The third-order valence-electron chi connectivity index (χ3n) is 2.08. The van der Waals surface area contributed by atoms with Crippen LogP contribution in [0.4, 0.5) is 13.2 Å². The highest BCUT2D eigenvalue weighted by atomic mass is 28.5. The summed E-state index contributed by atoms with van der Waals surface area (Å²) in [6, 6.07) is 0. The van der Waals surface area contributed by atoms with E-state index < -0.39 is 47.6 Å². The van der Waals surface area contributed by atoms with Crippen LogP contribution in [-0.2, 0) is 12.3 Å². The lowest BCUT2D eigenvalue weighted by Gasteiger charge is -2.40. The monoisotopic (exact) mass is 350 g/mol. The van der Waals surface area contributed by atoms with Crippen LogP contribution in [0.15, 0.2) is 0 Å². The Kier molecular flexibility index (Phi) is 7.73. The Labute approximate surface area is 120 Å². The van der Waals surface area contributed by atoms with Crippen LogP contribution in [0.25, 0.3) is 0 Å². The third kappa shape index (κ3) is 5.44. The first-order valence-electron chi connectivity index (χ1n) is 6.50. The predicted molar refractivity (Wildman–Crippen MR) is 81.2 cm³/mol. The molecule has 0 aliphatic carbocycles. The van der Waals surface area contributed by atoms with E-state index in [9.17, 15) is 13.2 Å². The minimum Gasteiger partial charge on any atom is -0.416 e. The van der Waals surface area contributed by atoms with Gasteiger partial charge in [0, 0.05) is 0 Å². The largest absolute Gasteiger partial charge is 0.546 e. The van der Waals surface area contributed by atoms with Crippen LogP contribution < -0.4 is 0 Å². The first kappa shape index (κ1) is 19.5. The molecule has 0 fully saturated rings. The molecule has 0 aromatic carbocycles. The lowest BCUT2D eigenvalue weighted by molar-refractivity contribution is -0.0454. The van der Waals surface area contributed by atoms with Crippen molar-refractivity contribution in [1.82, 2.24) is 0 Å². The average Bonchev–Trinajstić information content (AvgIpc) is 2.12. The van der Waals surface area contributed by atoms with Gasteiger partial charge in [0.1, 0.15) is 0 Å². The maximum absolute atomic E-state index is 14.3. The predicted octanol–water partition coefficient (Wildman–Crippen LogP) is 2.46. The van der Waals surface area contributed by atoms with Crippen molar-refractivity contribution in [2.24, 2.45) is 0 Å². The average molecular weight is 351 g/mol. The fourth-order valence-electron chi connectivity index (χ4n) is 1.49. The van der Waals surface area contributed by atoms with Crippen LogP contribution in [0.2, 0.25) is 39.3 Å². The molecular formula is C9H25F3O3Si4. The highest BCUT2D eigenvalue weighted by molar-refractivity contribution is 6.81. The SMILES string of the molecule is CC(F)C(F)(F)[Si](O[SiH](C)C)(O[SiH](C)C)O[SiH](C)C. The Balaban J connectivity index is 5.58. The molecule has 0 aliphatic rings. The van der Waals surface area contributed by atoms with Crippen molar-refractivity contribution in [2.45, 2.75) is 57.9 Å². The Hall–Kier alpha value is 0.538. The van der Waals surface area contributed by atoms with E-state index >= 15 is 0 Å². The van der Waals surface area contributed by atoms with Crippen molar-refractivity contribution >= 4 is 35.9 Å². The summed E-state index contributed by atoms with van der Waals surface area (Å²) in [4.78, 5) is 0. The van der Waals surface area contributed by atoms with Gasteiger partial charge in [0.15, 0.2) is 33.3 Å². The zero-order chi connectivity index (χ0) is 15.4. The van der Waals surface area contributed by atoms with Gasteiger partial charge in [0.2, 0.25) is 0 Å². The molecule has 0 spiro atoms. The number of hydrogen-bond acceptors (Lipinski definition) is 3. The maximum atomic E-state index is 14.3. The fourth-order valence-corrected chi connectivity index (χ4v) is 13.5. The van der Waals surface area contributed by atoms with Crippen molar-refractivity contribution in [3.05, 3.63) is 0 Å². The van der Waals surface area contributed by atoms with Gasteiger partial charge in [0.05, 0.1) is 0 Å². The molecule has 116 valence electrons. The molecule has 1 unspecified atom stereocenters. The molecule has 0 radical (unpaired) electrons. The second-order valence-electron chi connectivity index (χ2n) is 5.29. The van der Waals surface area contributed by atoms with Crippen molar-refractivity contribution in [3.63, 3.8) is 0 Å². The van der Waals surface area contributed by atoms with Gasteiger partial charge in [-0.05, 0) is 46.2 Å². The van der Waals surface area contributed by atoms with Gasteiger partial charge in [-0.2, -0.15) is 8.78 Å². The summed E-state index contributed by atoms with van der Waals surface area (Å²) < 4.78 is 58.6. The summed E-state index contributed by atoms with van der Waals surface area (Å²) in [5.41, 5.74) is -3.68. The molecule has 0 N–H and O–H groups in total. The topological polar surface area (TPSA) is 27.7 Å². The van der Waals surface area contributed by atoms with Crippen molar-refractivity contribution in [2.75, 3.05) is 0 Å². The third-order valence-corrected chi connectivity index (χ3v) is 12.7. The molecule has 0 amide bonds. The molecular weight excluding hydrogens is 325 g/mol. The number of alkyl halides is 3. The lowest BCUT2D eigenvalue weighted by Crippen LogP contribution is -2.68. The van der Waals surface area contributed by atoms with Crippen molar-refractivity contribution in [3.8, 4) is 0 Å². The molecule has 0 rings (SSSR count). The van der Waals surface area contributed by atoms with Crippen molar-refractivity contribution in [1.29, 1.82) is 0 Å². The van der Waals surface area contributed by atoms with Gasteiger partial charge in [-0.25, -0.2) is 4.39 Å². The molecule has 0 saturated heterocycles. The van der Waals surface area contributed by atoms with Crippen LogP contribution >= 0.6 is 0 Å². The minimum atomic E-state index is -4.30. The molecule has 0 aromatic rings. The van der Waals surface area contributed by atoms with E-state index in [1.807, 2.05) is 0 Å². The van der Waals surface area contributed by atoms with Gasteiger partial charge in [-0.15, -0.1) is 0 Å². The molecule has 1 atom stereocenters. The summed E-state index contributed by atoms with van der Waals surface area (Å²) in [6.45, 7) is 11.4. The van der Waals surface area contributed by atoms with Gasteiger partial charge in [-0.3, -0.25) is 0 Å². The number of hydrogen-bond donors (Lipinski definition) is 0. The van der Waals surface area contributed by atoms with Crippen molar-refractivity contribution < 1.29 is 25.5 Å². The first-order valence-corrected chi connectivity index (χ1v) is 16.6. The molecule has 0 aromatic heterocycles. The Morgan fingerprint density at radius 3 is 1.26 bits per heavy atom. The summed E-state index contributed by atoms with van der Waals surface area (Å²) in [5.74, 6) is 0. The highest BCUT2D eigenvalue weighted by Gasteiger charge is 2.68. The van der Waals surface area contributed by atoms with E-state index in [2.05, 4.69) is 0 Å². The lowest BCUT2D eigenvalue weighted by atomic mass is 10.5. The van der Waals surface area contributed by atoms with Gasteiger partial charge >= 0.3 is 14.4 Å². The van der Waals surface area contributed by atoms with E-state index in [0.717, 1.165) is 6.92 Å². The quantitative estimate of drug-likeness (QED) is 0.629. The molecule has 0 heterocycles. The standard InChI is InChI=1S/C9H25F3O3Si4/c1-8(10)9(11,12)19(13-16(2)3,14-17(4)5)15-18(6)7/h8,16-18H,1-7H3. The number of halogens is 3. The highest BCUT2D eigenvalue weighted by Crippen LogP contribution is 2.36. The van der Waals surface area contributed by atoms with E-state index in [1.54, 1.807) is 39.3 Å². The molecule has 19 heavy (non-hydrogen) atoms. The second kappa shape index (κ2) is 7.52. The first-order chi connectivity index (χ1) is 8.44. The number of rotatable bonds is 8. The van der Waals surface area contributed by atoms with Gasteiger partial charge in [-0.1, -0.05) is 0 Å². The zero-order valence-electron chi connectivity index (χ0n) is 12.7. The normalized spacial score (nSPS) is 15.6. The fraction of sp³-hybridized carbons (Fsp3) is 1.00. The summed E-state index contributed by atoms with van der Waals surface area (Å²) >= 11 is 0. The van der Waals surface area contributed by atoms with Crippen LogP contribution in [0, 0.1) is 0 Å². The summed E-state index contributed by atoms with van der Waals surface area (Å²) in [7, 11) is -9.83. The summed E-state index contributed by atoms with van der Waals surface area (Å²) in [6.07, 6.45) is -2.34. The maximum Gasteiger partial charge on any atom is 0.546 e. The Morgan fingerprint density at radius 1 is 0.842 bits per heavy atom. The van der Waals surface area contributed by atoms with Crippen LogP contribution in [0.3, 0.4) is 0 Å².